The predicted molar refractivity (Wildman–Crippen MR) is 108 cm³/mol. The van der Waals surface area contributed by atoms with Crippen molar-refractivity contribution in [2.24, 2.45) is 0 Å². The SMILES string of the molecule is COc1ccc(CN(C)[C@@H]2CC(=O)N(c3cc(C)c(Cl)cc3OC)C2=O)cc1F. The number of amides is 2. The van der Waals surface area contributed by atoms with Gasteiger partial charge in [0.2, 0.25) is 5.91 Å². The number of carbonyl (C=O) groups is 2. The summed E-state index contributed by atoms with van der Waals surface area (Å²) in [4.78, 5) is 28.6. The number of halogens is 2. The van der Waals surface area contributed by atoms with E-state index in [0.29, 0.717) is 28.6 Å². The third-order valence-electron chi connectivity index (χ3n) is 5.00. The van der Waals surface area contributed by atoms with Gasteiger partial charge in [-0.25, -0.2) is 9.29 Å². The largest absolute Gasteiger partial charge is 0.495 e. The Morgan fingerprint density at radius 1 is 1.17 bits per heavy atom. The maximum absolute atomic E-state index is 14.0. The number of rotatable bonds is 6. The first-order valence-electron chi connectivity index (χ1n) is 9.00. The molecule has 2 aromatic rings. The number of ether oxygens (including phenoxy) is 2. The molecule has 0 radical (unpaired) electrons. The molecule has 1 aliphatic heterocycles. The van der Waals surface area contributed by atoms with Crippen molar-refractivity contribution in [3.05, 3.63) is 52.3 Å². The Hall–Kier alpha value is -2.64. The third-order valence-corrected chi connectivity index (χ3v) is 5.41. The van der Waals surface area contributed by atoms with Gasteiger partial charge in [-0.1, -0.05) is 17.7 Å². The first-order valence-corrected chi connectivity index (χ1v) is 9.38. The first-order chi connectivity index (χ1) is 13.8. The fourth-order valence-electron chi connectivity index (χ4n) is 3.41. The molecule has 1 heterocycles. The van der Waals surface area contributed by atoms with Crippen molar-refractivity contribution in [2.45, 2.75) is 25.9 Å². The Morgan fingerprint density at radius 2 is 1.86 bits per heavy atom. The van der Waals surface area contributed by atoms with Crippen LogP contribution in [0.4, 0.5) is 10.1 Å². The van der Waals surface area contributed by atoms with Gasteiger partial charge in [0.1, 0.15) is 5.75 Å². The molecule has 1 atom stereocenters. The molecule has 0 bridgehead atoms. The number of carbonyl (C=O) groups excluding carboxylic acids is 2. The molecule has 3 rings (SSSR count). The van der Waals surface area contributed by atoms with Crippen LogP contribution in [0.15, 0.2) is 30.3 Å². The predicted octanol–water partition coefficient (Wildman–Crippen LogP) is 3.57. The maximum Gasteiger partial charge on any atom is 0.251 e. The van der Waals surface area contributed by atoms with E-state index in [0.717, 1.165) is 10.5 Å². The molecule has 8 heteroatoms. The molecule has 1 aliphatic rings. The highest BCUT2D eigenvalue weighted by molar-refractivity contribution is 6.32. The highest BCUT2D eigenvalue weighted by Crippen LogP contribution is 2.37. The zero-order chi connectivity index (χ0) is 21.3. The lowest BCUT2D eigenvalue weighted by Gasteiger charge is -2.24. The summed E-state index contributed by atoms with van der Waals surface area (Å²) in [5.74, 6) is -0.655. The Kier molecular flexibility index (Phi) is 6.10. The summed E-state index contributed by atoms with van der Waals surface area (Å²) in [6, 6.07) is 7.21. The minimum Gasteiger partial charge on any atom is -0.495 e. The van der Waals surface area contributed by atoms with Crippen LogP contribution in [0.2, 0.25) is 5.02 Å². The Morgan fingerprint density at radius 3 is 2.48 bits per heavy atom. The Balaban J connectivity index is 1.83. The molecule has 0 unspecified atom stereocenters. The van der Waals surface area contributed by atoms with Gasteiger partial charge in [-0.2, -0.15) is 0 Å². The third kappa shape index (κ3) is 4.06. The van der Waals surface area contributed by atoms with E-state index >= 15 is 0 Å². The lowest BCUT2D eigenvalue weighted by molar-refractivity contribution is -0.122. The Bertz CT molecular complexity index is 966. The molecular weight excluding hydrogens is 399 g/mol. The van der Waals surface area contributed by atoms with Gasteiger partial charge < -0.3 is 9.47 Å². The smallest absolute Gasteiger partial charge is 0.251 e. The van der Waals surface area contributed by atoms with Crippen LogP contribution in [0.1, 0.15) is 17.5 Å². The molecule has 0 spiro atoms. The minimum atomic E-state index is -0.659. The molecule has 154 valence electrons. The van der Waals surface area contributed by atoms with Crippen LogP contribution in [0.5, 0.6) is 11.5 Å². The summed E-state index contributed by atoms with van der Waals surface area (Å²) in [7, 11) is 4.58. The van der Waals surface area contributed by atoms with Gasteiger partial charge in [-0.15, -0.1) is 0 Å². The second-order valence-electron chi connectivity index (χ2n) is 6.94. The molecule has 29 heavy (non-hydrogen) atoms. The van der Waals surface area contributed by atoms with Crippen molar-refractivity contribution in [1.82, 2.24) is 4.90 Å². The molecule has 0 aliphatic carbocycles. The van der Waals surface area contributed by atoms with Crippen molar-refractivity contribution in [1.29, 1.82) is 0 Å². The molecular formula is C21H22ClFN2O4. The van der Waals surface area contributed by atoms with Crippen molar-refractivity contribution >= 4 is 29.1 Å². The van der Waals surface area contributed by atoms with Crippen LogP contribution in [-0.4, -0.2) is 44.0 Å². The standard InChI is InChI=1S/C21H22ClFN2O4/c1-12-7-16(19(29-4)9-14(12)22)25-20(26)10-17(21(25)27)24(2)11-13-5-6-18(28-3)15(23)8-13/h5-9,17H,10-11H2,1-4H3/t17-/m1/s1. The summed E-state index contributed by atoms with van der Waals surface area (Å²) in [6.07, 6.45) is 0.0266. The topological polar surface area (TPSA) is 59.1 Å². The van der Waals surface area contributed by atoms with Crippen LogP contribution in [0.25, 0.3) is 0 Å². The van der Waals surface area contributed by atoms with Gasteiger partial charge in [-0.05, 0) is 43.3 Å². The van der Waals surface area contributed by atoms with Crippen molar-refractivity contribution < 1.29 is 23.5 Å². The normalized spacial score (nSPS) is 16.7. The summed E-state index contributed by atoms with van der Waals surface area (Å²) >= 11 is 6.13. The number of aryl methyl sites for hydroxylation is 1. The quantitative estimate of drug-likeness (QED) is 0.669. The van der Waals surface area contributed by atoms with Gasteiger partial charge in [0, 0.05) is 17.6 Å². The fourth-order valence-corrected chi connectivity index (χ4v) is 3.56. The van der Waals surface area contributed by atoms with Gasteiger partial charge in [0.15, 0.2) is 11.6 Å². The van der Waals surface area contributed by atoms with Crippen molar-refractivity contribution in [3.63, 3.8) is 0 Å². The number of nitrogens with zero attached hydrogens (tertiary/aromatic N) is 2. The summed E-state index contributed by atoms with van der Waals surface area (Å²) in [5, 5.41) is 0.486. The average Bonchev–Trinajstić information content (AvgIpc) is 2.98. The first kappa shape index (κ1) is 21.1. The zero-order valence-corrected chi connectivity index (χ0v) is 17.4. The second kappa shape index (κ2) is 8.39. The van der Waals surface area contributed by atoms with E-state index in [1.165, 1.54) is 26.4 Å². The number of imide groups is 1. The highest BCUT2D eigenvalue weighted by atomic mass is 35.5. The minimum absolute atomic E-state index is 0.0266. The molecule has 0 saturated carbocycles. The van der Waals surface area contributed by atoms with Crippen LogP contribution in [0, 0.1) is 12.7 Å². The van der Waals surface area contributed by atoms with Gasteiger partial charge in [0.05, 0.1) is 32.4 Å². The number of hydrogen-bond donors (Lipinski definition) is 0. The number of hydrogen-bond acceptors (Lipinski definition) is 5. The maximum atomic E-state index is 14.0. The van der Waals surface area contributed by atoms with Crippen LogP contribution >= 0.6 is 11.6 Å². The Labute approximate surface area is 173 Å². The van der Waals surface area contributed by atoms with E-state index in [9.17, 15) is 14.0 Å². The van der Waals surface area contributed by atoms with Crippen molar-refractivity contribution in [3.8, 4) is 11.5 Å². The molecule has 2 aromatic carbocycles. The lowest BCUT2D eigenvalue weighted by Crippen LogP contribution is -2.39. The van der Waals surface area contributed by atoms with Gasteiger partial charge in [-0.3, -0.25) is 14.5 Å². The number of methoxy groups -OCH3 is 2. The zero-order valence-electron chi connectivity index (χ0n) is 16.7. The molecule has 1 saturated heterocycles. The van der Waals surface area contributed by atoms with Crippen LogP contribution < -0.4 is 14.4 Å². The van der Waals surface area contributed by atoms with E-state index < -0.39 is 11.9 Å². The summed E-state index contributed by atoms with van der Waals surface area (Å²) in [5.41, 5.74) is 1.77. The molecule has 0 N–H and O–H groups in total. The lowest BCUT2D eigenvalue weighted by atomic mass is 10.1. The summed E-state index contributed by atoms with van der Waals surface area (Å²) < 4.78 is 24.2. The molecule has 1 fully saturated rings. The van der Waals surface area contributed by atoms with E-state index in [1.807, 2.05) is 0 Å². The van der Waals surface area contributed by atoms with E-state index in [1.54, 1.807) is 37.1 Å². The van der Waals surface area contributed by atoms with Crippen LogP contribution in [-0.2, 0) is 16.1 Å². The fraction of sp³-hybridized carbons (Fsp3) is 0.333. The number of likely N-dealkylation sites (N-methyl/N-ethyl adjacent to an activating group) is 1. The molecule has 0 aromatic heterocycles. The summed E-state index contributed by atoms with van der Waals surface area (Å²) in [6.45, 7) is 2.09. The van der Waals surface area contributed by atoms with Crippen molar-refractivity contribution in [2.75, 3.05) is 26.2 Å². The van der Waals surface area contributed by atoms with Gasteiger partial charge >= 0.3 is 0 Å². The second-order valence-corrected chi connectivity index (χ2v) is 7.35. The molecule has 2 amide bonds. The highest BCUT2D eigenvalue weighted by Gasteiger charge is 2.42. The van der Waals surface area contributed by atoms with E-state index in [4.69, 9.17) is 21.1 Å². The van der Waals surface area contributed by atoms with E-state index in [2.05, 4.69) is 0 Å². The van der Waals surface area contributed by atoms with Gasteiger partial charge in [0.25, 0.3) is 5.91 Å². The monoisotopic (exact) mass is 420 g/mol. The number of benzene rings is 2. The van der Waals surface area contributed by atoms with E-state index in [-0.39, 0.29) is 24.0 Å². The molecule has 6 nitrogen and oxygen atoms in total. The van der Waals surface area contributed by atoms with Crippen LogP contribution in [0.3, 0.4) is 0 Å². The number of anilines is 1. The average molecular weight is 421 g/mol.